The number of thiocarbonyl (C=S) groups is 1. The third-order valence-electron chi connectivity index (χ3n) is 6.11. The lowest BCUT2D eigenvalue weighted by molar-refractivity contribution is 0.0563. The van der Waals surface area contributed by atoms with Gasteiger partial charge >= 0.3 is 0 Å². The highest BCUT2D eigenvalue weighted by atomic mass is 32.1. The van der Waals surface area contributed by atoms with E-state index in [2.05, 4.69) is 44.5 Å². The Morgan fingerprint density at radius 1 is 1.36 bits per heavy atom. The number of hydrogen-bond donors (Lipinski definition) is 3. The van der Waals surface area contributed by atoms with Crippen molar-refractivity contribution >= 4 is 31.3 Å². The number of fused-ring (bicyclic) bond motifs is 1. The monoisotopic (exact) mass is 423 g/mol. The molecule has 1 fully saturated rings. The van der Waals surface area contributed by atoms with Crippen LogP contribution in [-0.2, 0) is 15.6 Å². The van der Waals surface area contributed by atoms with E-state index >= 15 is 0 Å². The molecule has 28 heavy (non-hydrogen) atoms. The van der Waals surface area contributed by atoms with Crippen molar-refractivity contribution in [2.45, 2.75) is 63.5 Å². The van der Waals surface area contributed by atoms with Crippen LogP contribution in [0, 0.1) is 0 Å². The highest BCUT2D eigenvalue weighted by Gasteiger charge is 2.41. The summed E-state index contributed by atoms with van der Waals surface area (Å²) >= 11 is 5.51. The Balaban J connectivity index is 1.52. The second-order valence-electron chi connectivity index (χ2n) is 9.11. The van der Waals surface area contributed by atoms with Crippen LogP contribution in [0.15, 0.2) is 18.2 Å². The fourth-order valence-electron chi connectivity index (χ4n) is 3.18. The molecule has 0 saturated carbocycles. The molecule has 0 aliphatic carbocycles. The number of anilines is 1. The maximum Gasteiger partial charge on any atom is 0.192 e. The average molecular weight is 424 g/mol. The van der Waals surface area contributed by atoms with Crippen molar-refractivity contribution in [3.05, 3.63) is 23.8 Å². The van der Waals surface area contributed by atoms with Gasteiger partial charge in [0, 0.05) is 17.7 Å². The smallest absolute Gasteiger partial charge is 0.192 e. The largest absolute Gasteiger partial charge is 0.493 e. The predicted molar refractivity (Wildman–Crippen MR) is 120 cm³/mol. The van der Waals surface area contributed by atoms with Gasteiger partial charge in [0.2, 0.25) is 0 Å². The van der Waals surface area contributed by atoms with Gasteiger partial charge in [-0.15, -0.1) is 0 Å². The molecule has 4 N–H and O–H groups in total. The minimum Gasteiger partial charge on any atom is -0.493 e. The molecular formula is C20H33N3O3SSi. The maximum atomic E-state index is 6.43. The van der Waals surface area contributed by atoms with Crippen molar-refractivity contribution in [1.82, 2.24) is 5.32 Å². The molecule has 3 rings (SSSR count). The van der Waals surface area contributed by atoms with Gasteiger partial charge in [0.15, 0.2) is 13.4 Å². The van der Waals surface area contributed by atoms with Crippen LogP contribution in [0.3, 0.4) is 0 Å². The minimum absolute atomic E-state index is 0.0407. The second-order valence-corrected chi connectivity index (χ2v) is 14.3. The van der Waals surface area contributed by atoms with Crippen LogP contribution in [0.1, 0.15) is 26.3 Å². The first-order valence-corrected chi connectivity index (χ1v) is 13.2. The SMILES string of the molecule is CC(C)(C)[Si](C)(C)OC[C@H]1OC[C@@H](NC(=S)Nc2cccc3c2CCO3)[C@H]1N. The quantitative estimate of drug-likeness (QED) is 0.496. The highest BCUT2D eigenvalue weighted by molar-refractivity contribution is 7.80. The maximum absolute atomic E-state index is 6.43. The third-order valence-corrected chi connectivity index (χ3v) is 10.8. The van der Waals surface area contributed by atoms with E-state index in [4.69, 9.17) is 31.9 Å². The first-order valence-electron chi connectivity index (χ1n) is 9.92. The molecule has 6 nitrogen and oxygen atoms in total. The van der Waals surface area contributed by atoms with Gasteiger partial charge in [-0.05, 0) is 42.5 Å². The van der Waals surface area contributed by atoms with E-state index in [0.29, 0.717) is 24.9 Å². The van der Waals surface area contributed by atoms with Crippen LogP contribution in [0.5, 0.6) is 5.75 Å². The molecule has 1 saturated heterocycles. The summed E-state index contributed by atoms with van der Waals surface area (Å²) in [4.78, 5) is 0. The van der Waals surface area contributed by atoms with Crippen molar-refractivity contribution in [2.75, 3.05) is 25.1 Å². The van der Waals surface area contributed by atoms with Crippen molar-refractivity contribution in [2.24, 2.45) is 5.73 Å². The average Bonchev–Trinajstić information content (AvgIpc) is 3.20. The van der Waals surface area contributed by atoms with E-state index in [1.165, 1.54) is 5.56 Å². The van der Waals surface area contributed by atoms with E-state index in [9.17, 15) is 0 Å². The number of ether oxygens (including phenoxy) is 2. The van der Waals surface area contributed by atoms with Crippen molar-refractivity contribution in [3.63, 3.8) is 0 Å². The van der Waals surface area contributed by atoms with Crippen LogP contribution >= 0.6 is 12.2 Å². The first kappa shape index (κ1) is 21.5. The Bertz CT molecular complexity index is 723. The fourth-order valence-corrected chi connectivity index (χ4v) is 4.45. The zero-order valence-electron chi connectivity index (χ0n) is 17.5. The van der Waals surface area contributed by atoms with E-state index in [1.54, 1.807) is 0 Å². The molecule has 1 aromatic rings. The zero-order valence-corrected chi connectivity index (χ0v) is 19.3. The Morgan fingerprint density at radius 3 is 2.82 bits per heavy atom. The Morgan fingerprint density at radius 2 is 2.11 bits per heavy atom. The van der Waals surface area contributed by atoms with Gasteiger partial charge in [0.1, 0.15) is 5.75 Å². The number of hydrogen-bond acceptors (Lipinski definition) is 5. The molecule has 2 heterocycles. The van der Waals surface area contributed by atoms with Crippen LogP contribution in [0.25, 0.3) is 0 Å². The lowest BCUT2D eigenvalue weighted by atomic mass is 10.1. The van der Waals surface area contributed by atoms with Crippen molar-refractivity contribution in [1.29, 1.82) is 0 Å². The number of nitrogens with one attached hydrogen (secondary N) is 2. The van der Waals surface area contributed by atoms with Gasteiger partial charge in [-0.25, -0.2) is 0 Å². The molecule has 8 heteroatoms. The number of rotatable bonds is 5. The molecule has 156 valence electrons. The van der Waals surface area contributed by atoms with Crippen LogP contribution < -0.4 is 21.1 Å². The normalized spacial score (nSPS) is 24.6. The summed E-state index contributed by atoms with van der Waals surface area (Å²) in [6.45, 7) is 12.9. The van der Waals surface area contributed by atoms with E-state index in [-0.39, 0.29) is 23.2 Å². The molecule has 0 amide bonds. The molecule has 0 unspecified atom stereocenters. The highest BCUT2D eigenvalue weighted by Crippen LogP contribution is 2.37. The first-order chi connectivity index (χ1) is 13.1. The summed E-state index contributed by atoms with van der Waals surface area (Å²) in [6, 6.07) is 5.75. The summed E-state index contributed by atoms with van der Waals surface area (Å²) in [7, 11) is -1.82. The Hall–Kier alpha value is -1.19. The van der Waals surface area contributed by atoms with Crippen molar-refractivity contribution in [3.8, 4) is 5.75 Å². The van der Waals surface area contributed by atoms with E-state index in [1.807, 2.05) is 18.2 Å². The molecule has 0 radical (unpaired) electrons. The fraction of sp³-hybridized carbons (Fsp3) is 0.650. The molecule has 2 aliphatic heterocycles. The number of nitrogens with two attached hydrogens (primary N) is 1. The Kier molecular flexibility index (Phi) is 6.36. The summed E-state index contributed by atoms with van der Waals surface area (Å²) in [5.41, 5.74) is 8.58. The summed E-state index contributed by atoms with van der Waals surface area (Å²) in [6.07, 6.45) is 0.767. The van der Waals surface area contributed by atoms with Crippen molar-refractivity contribution < 1.29 is 13.9 Å². The van der Waals surface area contributed by atoms with E-state index in [0.717, 1.165) is 17.9 Å². The van der Waals surface area contributed by atoms with Gasteiger partial charge in [-0.3, -0.25) is 0 Å². The lowest BCUT2D eigenvalue weighted by Gasteiger charge is -2.37. The molecule has 3 atom stereocenters. The minimum atomic E-state index is -1.82. The number of benzene rings is 1. The molecule has 0 bridgehead atoms. The van der Waals surface area contributed by atoms with Crippen LogP contribution in [0.4, 0.5) is 5.69 Å². The van der Waals surface area contributed by atoms with Crippen LogP contribution in [0.2, 0.25) is 18.1 Å². The molecular weight excluding hydrogens is 390 g/mol. The predicted octanol–water partition coefficient (Wildman–Crippen LogP) is 3.02. The molecule has 1 aromatic carbocycles. The molecule has 2 aliphatic rings. The van der Waals surface area contributed by atoms with Gasteiger partial charge in [-0.2, -0.15) is 0 Å². The summed E-state index contributed by atoms with van der Waals surface area (Å²) in [5, 5.41) is 7.31. The van der Waals surface area contributed by atoms with Gasteiger partial charge in [0.05, 0.1) is 38.0 Å². The van der Waals surface area contributed by atoms with Gasteiger partial charge in [0.25, 0.3) is 0 Å². The standard InChI is InChI=1S/C20H33N3O3SSi/c1-20(2,3)28(4,5)26-12-17-18(21)15(11-25-17)23-19(27)22-14-7-6-8-16-13(14)9-10-24-16/h6-8,15,17-18H,9-12,21H2,1-5H3,(H2,22,23,27)/t15-,17-,18-/m1/s1. The summed E-state index contributed by atoms with van der Waals surface area (Å²) < 4.78 is 17.8. The van der Waals surface area contributed by atoms with E-state index < -0.39 is 8.32 Å². The Labute approximate surface area is 174 Å². The van der Waals surface area contributed by atoms with Crippen LogP contribution in [-0.4, -0.2) is 51.4 Å². The third kappa shape index (κ3) is 4.68. The van der Waals surface area contributed by atoms with Gasteiger partial charge < -0.3 is 30.3 Å². The molecule has 0 aromatic heterocycles. The summed E-state index contributed by atoms with van der Waals surface area (Å²) in [5.74, 6) is 0.927. The van der Waals surface area contributed by atoms with Gasteiger partial charge in [-0.1, -0.05) is 26.8 Å². The lowest BCUT2D eigenvalue weighted by Crippen LogP contribution is -2.52. The second kappa shape index (κ2) is 8.28. The topological polar surface area (TPSA) is 77.8 Å². The molecule has 0 spiro atoms. The zero-order chi connectivity index (χ0) is 20.5.